The van der Waals surface area contributed by atoms with E-state index in [9.17, 15) is 13.2 Å². The van der Waals surface area contributed by atoms with Gasteiger partial charge in [0.1, 0.15) is 15.7 Å². The summed E-state index contributed by atoms with van der Waals surface area (Å²) >= 11 is 0. The van der Waals surface area contributed by atoms with Crippen molar-refractivity contribution in [2.75, 3.05) is 37.6 Å². The molecule has 0 N–H and O–H groups in total. The zero-order valence-electron chi connectivity index (χ0n) is 10.5. The van der Waals surface area contributed by atoms with Crippen LogP contribution in [0, 0.1) is 0 Å². The molecule has 0 unspecified atom stereocenters. The van der Waals surface area contributed by atoms with Crippen molar-refractivity contribution in [3.05, 3.63) is 18.1 Å². The lowest BCUT2D eigenvalue weighted by atomic mass is 10.4. The maximum absolute atomic E-state index is 11.1. The highest BCUT2D eigenvalue weighted by Crippen LogP contribution is 2.07. The van der Waals surface area contributed by atoms with Crippen LogP contribution in [0.3, 0.4) is 0 Å². The van der Waals surface area contributed by atoms with Crippen LogP contribution >= 0.6 is 0 Å². The van der Waals surface area contributed by atoms with Gasteiger partial charge in [0.25, 0.3) is 0 Å². The fourth-order valence-electron chi connectivity index (χ4n) is 1.15. The summed E-state index contributed by atoms with van der Waals surface area (Å²) in [7, 11) is -0.0552. The summed E-state index contributed by atoms with van der Waals surface area (Å²) in [6, 6.07) is 0. The quantitative estimate of drug-likeness (QED) is 0.683. The normalized spacial score (nSPS) is 11.1. The molecule has 1 aromatic rings. The van der Waals surface area contributed by atoms with E-state index in [2.05, 4.69) is 14.7 Å². The maximum atomic E-state index is 11.1. The van der Waals surface area contributed by atoms with Gasteiger partial charge in [0, 0.05) is 19.8 Å². The SMILES string of the molecule is COC(=O)c1cnc(N(C)CCS(C)(=O)=O)cn1. The first-order chi connectivity index (χ1) is 8.33. The number of hydrogen-bond donors (Lipinski definition) is 0. The van der Waals surface area contributed by atoms with Gasteiger partial charge in [-0.2, -0.15) is 0 Å². The molecule has 18 heavy (non-hydrogen) atoms. The standard InChI is InChI=1S/C10H15N3O4S/c1-13(4-5-18(3,15)16)9-7-11-8(6-12-9)10(14)17-2/h6-7H,4-5H2,1-3H3. The van der Waals surface area contributed by atoms with Gasteiger partial charge in [-0.3, -0.25) is 0 Å². The average molecular weight is 273 g/mol. The van der Waals surface area contributed by atoms with Crippen LogP contribution in [0.25, 0.3) is 0 Å². The molecule has 0 atom stereocenters. The van der Waals surface area contributed by atoms with Crippen LogP contribution in [0.2, 0.25) is 0 Å². The molecule has 100 valence electrons. The number of anilines is 1. The van der Waals surface area contributed by atoms with Gasteiger partial charge in [0.05, 0.1) is 25.3 Å². The Morgan fingerprint density at radius 2 is 2.06 bits per heavy atom. The van der Waals surface area contributed by atoms with E-state index in [1.165, 1.54) is 25.8 Å². The van der Waals surface area contributed by atoms with Crippen molar-refractivity contribution in [3.8, 4) is 0 Å². The van der Waals surface area contributed by atoms with E-state index in [0.29, 0.717) is 12.4 Å². The van der Waals surface area contributed by atoms with Crippen molar-refractivity contribution in [1.82, 2.24) is 9.97 Å². The Bertz CT molecular complexity index is 512. The Balaban J connectivity index is 2.70. The minimum absolute atomic E-state index is 0.0317. The van der Waals surface area contributed by atoms with E-state index in [1.54, 1.807) is 11.9 Å². The molecule has 8 heteroatoms. The molecular weight excluding hydrogens is 258 g/mol. The van der Waals surface area contributed by atoms with E-state index < -0.39 is 15.8 Å². The number of nitrogens with zero attached hydrogens (tertiary/aromatic N) is 3. The molecule has 0 radical (unpaired) electrons. The van der Waals surface area contributed by atoms with Crippen molar-refractivity contribution in [2.24, 2.45) is 0 Å². The lowest BCUT2D eigenvalue weighted by Crippen LogP contribution is -2.26. The second-order valence-corrected chi connectivity index (χ2v) is 6.06. The summed E-state index contributed by atoms with van der Waals surface area (Å²) in [4.78, 5) is 20.7. The van der Waals surface area contributed by atoms with Gasteiger partial charge in [-0.15, -0.1) is 0 Å². The van der Waals surface area contributed by atoms with E-state index in [-0.39, 0.29) is 11.4 Å². The number of rotatable bonds is 5. The molecule has 0 saturated carbocycles. The highest BCUT2D eigenvalue weighted by molar-refractivity contribution is 7.90. The number of sulfone groups is 1. The molecule has 0 amide bonds. The van der Waals surface area contributed by atoms with Crippen LogP contribution in [0.15, 0.2) is 12.4 Å². The fraction of sp³-hybridized carbons (Fsp3) is 0.500. The number of hydrogen-bond acceptors (Lipinski definition) is 7. The predicted molar refractivity (Wildman–Crippen MR) is 66.4 cm³/mol. The Kier molecular flexibility index (Phi) is 4.60. The Morgan fingerprint density at radius 3 is 2.50 bits per heavy atom. The monoisotopic (exact) mass is 273 g/mol. The van der Waals surface area contributed by atoms with Gasteiger partial charge >= 0.3 is 5.97 Å². The lowest BCUT2D eigenvalue weighted by molar-refractivity contribution is 0.0593. The molecule has 7 nitrogen and oxygen atoms in total. The van der Waals surface area contributed by atoms with Crippen LogP contribution in [-0.2, 0) is 14.6 Å². The molecular formula is C10H15N3O4S. The molecule has 0 fully saturated rings. The maximum Gasteiger partial charge on any atom is 0.358 e. The van der Waals surface area contributed by atoms with Gasteiger partial charge < -0.3 is 9.64 Å². The van der Waals surface area contributed by atoms with Crippen molar-refractivity contribution in [2.45, 2.75) is 0 Å². The Hall–Kier alpha value is -1.70. The molecule has 0 aliphatic carbocycles. The second-order valence-electron chi connectivity index (χ2n) is 3.80. The van der Waals surface area contributed by atoms with Crippen molar-refractivity contribution >= 4 is 21.6 Å². The van der Waals surface area contributed by atoms with Gasteiger partial charge in [-0.25, -0.2) is 23.2 Å². The largest absolute Gasteiger partial charge is 0.464 e. The van der Waals surface area contributed by atoms with E-state index in [4.69, 9.17) is 0 Å². The van der Waals surface area contributed by atoms with Crippen molar-refractivity contribution in [3.63, 3.8) is 0 Å². The number of ether oxygens (including phenoxy) is 1. The third kappa shape index (κ3) is 4.28. The molecule has 0 bridgehead atoms. The van der Waals surface area contributed by atoms with Crippen LogP contribution in [-0.4, -0.2) is 57.1 Å². The van der Waals surface area contributed by atoms with Gasteiger partial charge in [-0.05, 0) is 0 Å². The number of carbonyl (C=O) groups is 1. The molecule has 1 heterocycles. The fourth-order valence-corrected chi connectivity index (χ4v) is 1.75. The van der Waals surface area contributed by atoms with Gasteiger partial charge in [0.2, 0.25) is 0 Å². The molecule has 1 aromatic heterocycles. The minimum Gasteiger partial charge on any atom is -0.464 e. The smallest absolute Gasteiger partial charge is 0.358 e. The van der Waals surface area contributed by atoms with Gasteiger partial charge in [0.15, 0.2) is 5.69 Å². The first kappa shape index (κ1) is 14.4. The number of carbonyl (C=O) groups excluding carboxylic acids is 1. The Morgan fingerprint density at radius 1 is 1.39 bits per heavy atom. The van der Waals surface area contributed by atoms with Crippen LogP contribution in [0.1, 0.15) is 10.5 Å². The lowest BCUT2D eigenvalue weighted by Gasteiger charge is -2.16. The molecule has 0 aliphatic heterocycles. The highest BCUT2D eigenvalue weighted by Gasteiger charge is 2.10. The second kappa shape index (κ2) is 5.76. The summed E-state index contributed by atoms with van der Waals surface area (Å²) in [5, 5.41) is 0. The summed E-state index contributed by atoms with van der Waals surface area (Å²) < 4.78 is 26.5. The molecule has 0 aromatic carbocycles. The minimum atomic E-state index is -3.02. The van der Waals surface area contributed by atoms with E-state index in [1.807, 2.05) is 0 Å². The first-order valence-electron chi connectivity index (χ1n) is 5.12. The topological polar surface area (TPSA) is 89.5 Å². The molecule has 0 aliphatic rings. The predicted octanol–water partition coefficient (Wildman–Crippen LogP) is -0.256. The molecule has 0 spiro atoms. The first-order valence-corrected chi connectivity index (χ1v) is 7.19. The summed E-state index contributed by atoms with van der Waals surface area (Å²) in [6.07, 6.45) is 3.86. The number of esters is 1. The molecule has 0 saturated heterocycles. The summed E-state index contributed by atoms with van der Waals surface area (Å²) in [5.74, 6) is -0.0386. The van der Waals surface area contributed by atoms with Crippen LogP contribution in [0.4, 0.5) is 5.82 Å². The van der Waals surface area contributed by atoms with E-state index >= 15 is 0 Å². The molecule has 1 rings (SSSR count). The van der Waals surface area contributed by atoms with Crippen molar-refractivity contribution < 1.29 is 17.9 Å². The van der Waals surface area contributed by atoms with Crippen LogP contribution < -0.4 is 4.90 Å². The summed E-state index contributed by atoms with van der Waals surface area (Å²) in [5.41, 5.74) is 0.109. The summed E-state index contributed by atoms with van der Waals surface area (Å²) in [6.45, 7) is 0.311. The Labute approximate surface area is 106 Å². The zero-order valence-corrected chi connectivity index (χ0v) is 11.3. The average Bonchev–Trinajstić information content (AvgIpc) is 2.34. The number of aromatic nitrogens is 2. The third-order valence-corrected chi connectivity index (χ3v) is 3.15. The highest BCUT2D eigenvalue weighted by atomic mass is 32.2. The van der Waals surface area contributed by atoms with Crippen LogP contribution in [0.5, 0.6) is 0 Å². The van der Waals surface area contributed by atoms with Crippen molar-refractivity contribution in [1.29, 1.82) is 0 Å². The number of methoxy groups -OCH3 is 1. The third-order valence-electron chi connectivity index (χ3n) is 2.22. The van der Waals surface area contributed by atoms with Gasteiger partial charge in [-0.1, -0.05) is 0 Å². The zero-order chi connectivity index (χ0) is 13.8. The van der Waals surface area contributed by atoms with E-state index in [0.717, 1.165) is 0 Å².